The topological polar surface area (TPSA) is 84.5 Å². The van der Waals surface area contributed by atoms with E-state index in [9.17, 15) is 14.4 Å². The second kappa shape index (κ2) is 8.93. The Hall–Kier alpha value is -2.80. The number of thioether (sulfide) groups is 1. The van der Waals surface area contributed by atoms with Gasteiger partial charge in [-0.05, 0) is 31.5 Å². The van der Waals surface area contributed by atoms with Crippen molar-refractivity contribution in [1.29, 1.82) is 0 Å². The summed E-state index contributed by atoms with van der Waals surface area (Å²) in [7, 11) is 0. The monoisotopic (exact) mass is 398 g/mol. The van der Waals surface area contributed by atoms with Crippen molar-refractivity contribution >= 4 is 35.2 Å². The maximum Gasteiger partial charge on any atom is 0.308 e. The van der Waals surface area contributed by atoms with Gasteiger partial charge in [-0.3, -0.25) is 14.4 Å². The van der Waals surface area contributed by atoms with Gasteiger partial charge in [0.2, 0.25) is 5.91 Å². The van der Waals surface area contributed by atoms with Gasteiger partial charge < -0.3 is 15.4 Å². The maximum absolute atomic E-state index is 12.2. The van der Waals surface area contributed by atoms with Crippen LogP contribution < -0.4 is 10.6 Å². The molecule has 0 saturated carbocycles. The molecule has 0 unspecified atom stereocenters. The van der Waals surface area contributed by atoms with Gasteiger partial charge in [0.25, 0.3) is 5.91 Å². The van der Waals surface area contributed by atoms with Crippen molar-refractivity contribution in [2.75, 3.05) is 5.32 Å². The van der Waals surface area contributed by atoms with Gasteiger partial charge in [0.15, 0.2) is 6.10 Å². The third kappa shape index (κ3) is 5.13. The molecular formula is C21H22N2O4S. The van der Waals surface area contributed by atoms with Crippen LogP contribution in [0.15, 0.2) is 53.4 Å². The zero-order valence-electron chi connectivity index (χ0n) is 15.7. The molecule has 2 aromatic rings. The molecule has 1 aliphatic rings. The molecule has 28 heavy (non-hydrogen) atoms. The van der Waals surface area contributed by atoms with Crippen molar-refractivity contribution in [1.82, 2.24) is 5.32 Å². The van der Waals surface area contributed by atoms with E-state index in [1.165, 1.54) is 18.7 Å². The fraction of sp³-hybridized carbons (Fsp3) is 0.286. The van der Waals surface area contributed by atoms with E-state index < -0.39 is 17.3 Å². The molecule has 0 spiro atoms. The van der Waals surface area contributed by atoms with Crippen molar-refractivity contribution in [2.24, 2.45) is 0 Å². The van der Waals surface area contributed by atoms with Crippen molar-refractivity contribution in [2.45, 2.75) is 43.1 Å². The van der Waals surface area contributed by atoms with Crippen molar-refractivity contribution in [3.8, 4) is 0 Å². The van der Waals surface area contributed by atoms with Crippen molar-refractivity contribution < 1.29 is 19.1 Å². The summed E-state index contributed by atoms with van der Waals surface area (Å²) in [4.78, 5) is 37.4. The molecule has 0 fully saturated rings. The Morgan fingerprint density at radius 2 is 1.89 bits per heavy atom. The standard InChI is InChI=1S/C21H22N2O4S/c1-13-7-9-15(10-8-13)12-22-20(25)14(2)27-19(24)11-18-21(26)23-16-5-3-4-6-17(16)28-18/h3-10,14,18H,11-12H2,1-2H3,(H,22,25)(H,23,26)/t14-,18+/m0/s1. The summed E-state index contributed by atoms with van der Waals surface area (Å²) in [6.07, 6.45) is -1.03. The Labute approximate surface area is 168 Å². The summed E-state index contributed by atoms with van der Waals surface area (Å²) in [6, 6.07) is 15.2. The number of esters is 1. The van der Waals surface area contributed by atoms with Gasteiger partial charge in [0, 0.05) is 11.4 Å². The van der Waals surface area contributed by atoms with E-state index >= 15 is 0 Å². The fourth-order valence-electron chi connectivity index (χ4n) is 2.72. The van der Waals surface area contributed by atoms with E-state index in [0.717, 1.165) is 21.7 Å². The lowest BCUT2D eigenvalue weighted by atomic mass is 10.1. The van der Waals surface area contributed by atoms with Crippen LogP contribution in [0.25, 0.3) is 0 Å². The Morgan fingerprint density at radius 1 is 1.18 bits per heavy atom. The van der Waals surface area contributed by atoms with Crippen LogP contribution in [0.4, 0.5) is 5.69 Å². The molecule has 3 rings (SSSR count). The summed E-state index contributed by atoms with van der Waals surface area (Å²) in [5, 5.41) is 4.96. The summed E-state index contributed by atoms with van der Waals surface area (Å²) >= 11 is 1.32. The number of carbonyl (C=O) groups excluding carboxylic acids is 3. The largest absolute Gasteiger partial charge is 0.453 e. The number of hydrogen-bond acceptors (Lipinski definition) is 5. The first kappa shape index (κ1) is 19.9. The van der Waals surface area contributed by atoms with E-state index in [2.05, 4.69) is 10.6 Å². The molecule has 0 saturated heterocycles. The zero-order valence-corrected chi connectivity index (χ0v) is 16.5. The average Bonchev–Trinajstić information content (AvgIpc) is 2.67. The lowest BCUT2D eigenvalue weighted by Gasteiger charge is -2.23. The van der Waals surface area contributed by atoms with Crippen LogP contribution in [-0.2, 0) is 25.7 Å². The number of anilines is 1. The minimum Gasteiger partial charge on any atom is -0.453 e. The van der Waals surface area contributed by atoms with Crippen LogP contribution in [0.2, 0.25) is 0 Å². The summed E-state index contributed by atoms with van der Waals surface area (Å²) < 4.78 is 5.21. The Kier molecular flexibility index (Phi) is 6.36. The first-order valence-electron chi connectivity index (χ1n) is 9.01. The summed E-state index contributed by atoms with van der Waals surface area (Å²) in [6.45, 7) is 3.87. The highest BCUT2D eigenvalue weighted by molar-refractivity contribution is 8.01. The van der Waals surface area contributed by atoms with Gasteiger partial charge in [-0.15, -0.1) is 11.8 Å². The Bertz CT molecular complexity index is 882. The maximum atomic E-state index is 12.2. The lowest BCUT2D eigenvalue weighted by Crippen LogP contribution is -2.37. The Balaban J connectivity index is 1.48. The molecular weight excluding hydrogens is 376 g/mol. The number of benzene rings is 2. The molecule has 2 amide bonds. The van der Waals surface area contributed by atoms with E-state index in [-0.39, 0.29) is 18.2 Å². The van der Waals surface area contributed by atoms with E-state index in [4.69, 9.17) is 4.74 Å². The highest BCUT2D eigenvalue weighted by Gasteiger charge is 2.30. The Morgan fingerprint density at radius 3 is 2.64 bits per heavy atom. The predicted molar refractivity (Wildman–Crippen MR) is 108 cm³/mol. The molecule has 2 aromatic carbocycles. The number of aryl methyl sites for hydroxylation is 1. The molecule has 146 valence electrons. The van der Waals surface area contributed by atoms with Gasteiger partial charge >= 0.3 is 5.97 Å². The molecule has 0 radical (unpaired) electrons. The molecule has 7 heteroatoms. The smallest absolute Gasteiger partial charge is 0.308 e. The fourth-order valence-corrected chi connectivity index (χ4v) is 3.81. The SMILES string of the molecule is Cc1ccc(CNC(=O)[C@H](C)OC(=O)C[C@H]2Sc3ccccc3NC2=O)cc1. The normalized spacial score (nSPS) is 16.5. The predicted octanol–water partition coefficient (Wildman–Crippen LogP) is 3.05. The second-order valence-corrected chi connectivity index (χ2v) is 7.88. The molecule has 0 aliphatic carbocycles. The highest BCUT2D eigenvalue weighted by atomic mass is 32.2. The van der Waals surface area contributed by atoms with E-state index in [0.29, 0.717) is 6.54 Å². The van der Waals surface area contributed by atoms with Gasteiger partial charge in [-0.2, -0.15) is 0 Å². The number of nitrogens with one attached hydrogen (secondary N) is 2. The number of hydrogen-bond donors (Lipinski definition) is 2. The second-order valence-electron chi connectivity index (χ2n) is 6.63. The minimum atomic E-state index is -0.929. The van der Waals surface area contributed by atoms with Crippen molar-refractivity contribution in [3.63, 3.8) is 0 Å². The number of ether oxygens (including phenoxy) is 1. The molecule has 0 bridgehead atoms. The van der Waals surface area contributed by atoms with Crippen LogP contribution in [0.5, 0.6) is 0 Å². The third-order valence-corrected chi connectivity index (χ3v) is 5.60. The van der Waals surface area contributed by atoms with Gasteiger partial charge in [-0.25, -0.2) is 0 Å². The number of amides is 2. The van der Waals surface area contributed by atoms with Crippen LogP contribution in [0.3, 0.4) is 0 Å². The summed E-state index contributed by atoms with van der Waals surface area (Å²) in [5.74, 6) is -1.19. The first-order valence-corrected chi connectivity index (χ1v) is 9.89. The number of rotatable bonds is 6. The molecule has 0 aromatic heterocycles. The van der Waals surface area contributed by atoms with Crippen molar-refractivity contribution in [3.05, 3.63) is 59.7 Å². The molecule has 6 nitrogen and oxygen atoms in total. The van der Waals surface area contributed by atoms with Crippen LogP contribution in [0.1, 0.15) is 24.5 Å². The number of fused-ring (bicyclic) bond motifs is 1. The number of carbonyl (C=O) groups is 3. The molecule has 1 aliphatic heterocycles. The van der Waals surface area contributed by atoms with Gasteiger partial charge in [0.1, 0.15) is 0 Å². The van der Waals surface area contributed by atoms with Gasteiger partial charge in [-0.1, -0.05) is 42.0 Å². The van der Waals surface area contributed by atoms with E-state index in [1.54, 1.807) is 0 Å². The average molecular weight is 398 g/mol. The molecule has 2 atom stereocenters. The highest BCUT2D eigenvalue weighted by Crippen LogP contribution is 2.36. The third-order valence-electron chi connectivity index (χ3n) is 4.32. The minimum absolute atomic E-state index is 0.0968. The lowest BCUT2D eigenvalue weighted by molar-refractivity contribution is -0.155. The summed E-state index contributed by atoms with van der Waals surface area (Å²) in [5.41, 5.74) is 2.85. The van der Waals surface area contributed by atoms with Gasteiger partial charge in [0.05, 0.1) is 17.4 Å². The molecule has 1 heterocycles. The quantitative estimate of drug-likeness (QED) is 0.731. The van der Waals surface area contributed by atoms with Crippen LogP contribution in [-0.4, -0.2) is 29.1 Å². The van der Waals surface area contributed by atoms with Crippen LogP contribution >= 0.6 is 11.8 Å². The molecule has 2 N–H and O–H groups in total. The number of para-hydroxylation sites is 1. The first-order chi connectivity index (χ1) is 13.4. The zero-order chi connectivity index (χ0) is 20.1. The van der Waals surface area contributed by atoms with Crippen LogP contribution in [0, 0.1) is 6.92 Å². The van der Waals surface area contributed by atoms with E-state index in [1.807, 2.05) is 55.5 Å².